The molecule has 0 spiro atoms. The molecular weight excluding hydrogens is 279 g/mol. The van der Waals surface area contributed by atoms with Gasteiger partial charge in [-0.05, 0) is 36.4 Å². The van der Waals surface area contributed by atoms with Crippen molar-refractivity contribution >= 4 is 34.1 Å². The number of H-pyrrole nitrogens is 1. The lowest BCUT2D eigenvalue weighted by Gasteiger charge is -2.04. The molecule has 2 aromatic carbocycles. The topological polar surface area (TPSA) is 44.9 Å². The molecule has 0 aliphatic heterocycles. The Morgan fingerprint density at radius 1 is 1.15 bits per heavy atom. The second-order valence-electron chi connectivity index (χ2n) is 4.35. The Morgan fingerprint density at radius 3 is 2.75 bits per heavy atom. The quantitative estimate of drug-likeness (QED) is 0.729. The predicted octanol–water partition coefficient (Wildman–Crippen LogP) is 4.21. The molecule has 3 aromatic rings. The molecule has 0 saturated heterocycles. The number of carbonyl (C=O) groups excluding carboxylic acids is 1. The summed E-state index contributed by atoms with van der Waals surface area (Å²) in [5.41, 5.74) is 1.30. The number of hydrogen-bond donors (Lipinski definition) is 2. The number of benzene rings is 2. The van der Waals surface area contributed by atoms with E-state index in [2.05, 4.69) is 10.3 Å². The summed E-state index contributed by atoms with van der Waals surface area (Å²) in [6.45, 7) is 0. The summed E-state index contributed by atoms with van der Waals surface area (Å²) in [6.07, 6.45) is 0. The molecule has 0 fully saturated rings. The van der Waals surface area contributed by atoms with Crippen molar-refractivity contribution in [1.82, 2.24) is 4.98 Å². The predicted molar refractivity (Wildman–Crippen MR) is 77.7 cm³/mol. The van der Waals surface area contributed by atoms with Crippen LogP contribution in [-0.4, -0.2) is 10.9 Å². The first-order valence-electron chi connectivity index (χ1n) is 5.97. The Morgan fingerprint density at radius 2 is 1.95 bits per heavy atom. The first kappa shape index (κ1) is 12.7. The van der Waals surface area contributed by atoms with Gasteiger partial charge >= 0.3 is 0 Å². The summed E-state index contributed by atoms with van der Waals surface area (Å²) in [4.78, 5) is 15.0. The van der Waals surface area contributed by atoms with Gasteiger partial charge in [-0.15, -0.1) is 0 Å². The van der Waals surface area contributed by atoms with Crippen molar-refractivity contribution in [2.45, 2.75) is 0 Å². The molecule has 0 saturated carbocycles. The monoisotopic (exact) mass is 288 g/mol. The number of amides is 1. The fourth-order valence-corrected chi connectivity index (χ4v) is 2.16. The molecule has 5 heteroatoms. The van der Waals surface area contributed by atoms with E-state index in [9.17, 15) is 9.18 Å². The third kappa shape index (κ3) is 2.38. The summed E-state index contributed by atoms with van der Waals surface area (Å²) in [5, 5.41) is 3.95. The summed E-state index contributed by atoms with van der Waals surface area (Å²) in [6, 6.07) is 13.0. The van der Waals surface area contributed by atoms with Crippen LogP contribution in [0.1, 0.15) is 10.5 Å². The first-order valence-corrected chi connectivity index (χ1v) is 6.35. The lowest BCUT2D eigenvalue weighted by molar-refractivity contribution is 0.102. The molecule has 3 nitrogen and oxygen atoms in total. The molecule has 0 aliphatic rings. The van der Waals surface area contributed by atoms with Gasteiger partial charge in [0, 0.05) is 15.9 Å². The number of anilines is 1. The van der Waals surface area contributed by atoms with Crippen LogP contribution in [0.2, 0.25) is 5.02 Å². The number of rotatable bonds is 2. The number of halogens is 2. The van der Waals surface area contributed by atoms with E-state index in [1.54, 1.807) is 36.4 Å². The van der Waals surface area contributed by atoms with Gasteiger partial charge in [-0.2, -0.15) is 0 Å². The molecule has 0 bridgehead atoms. The summed E-state index contributed by atoms with van der Waals surface area (Å²) in [5.74, 6) is -0.873. The van der Waals surface area contributed by atoms with Gasteiger partial charge in [-0.3, -0.25) is 4.79 Å². The number of aromatic amines is 1. The van der Waals surface area contributed by atoms with Gasteiger partial charge in [-0.1, -0.05) is 23.7 Å². The van der Waals surface area contributed by atoms with Crippen molar-refractivity contribution in [3.63, 3.8) is 0 Å². The maximum Gasteiger partial charge on any atom is 0.272 e. The SMILES string of the molecule is O=C(Nc1ccccc1F)c1cc2cc(Cl)ccc2[nH]1. The van der Waals surface area contributed by atoms with Crippen LogP contribution in [0, 0.1) is 5.82 Å². The van der Waals surface area contributed by atoms with E-state index in [1.807, 2.05) is 0 Å². The van der Waals surface area contributed by atoms with Gasteiger partial charge in [0.25, 0.3) is 5.91 Å². The van der Waals surface area contributed by atoms with E-state index >= 15 is 0 Å². The zero-order valence-corrected chi connectivity index (χ0v) is 11.0. The third-order valence-electron chi connectivity index (χ3n) is 2.95. The number of carbonyl (C=O) groups is 1. The number of fused-ring (bicyclic) bond motifs is 1. The second kappa shape index (κ2) is 4.98. The fourth-order valence-electron chi connectivity index (χ4n) is 1.98. The largest absolute Gasteiger partial charge is 0.351 e. The van der Waals surface area contributed by atoms with Crippen LogP contribution in [0.5, 0.6) is 0 Å². The Labute approximate surface area is 119 Å². The molecule has 20 heavy (non-hydrogen) atoms. The highest BCUT2D eigenvalue weighted by atomic mass is 35.5. The average Bonchev–Trinajstić information content (AvgIpc) is 2.84. The number of para-hydroxylation sites is 1. The lowest BCUT2D eigenvalue weighted by atomic mass is 10.2. The highest BCUT2D eigenvalue weighted by Gasteiger charge is 2.11. The lowest BCUT2D eigenvalue weighted by Crippen LogP contribution is -2.13. The minimum atomic E-state index is -0.472. The molecule has 1 amide bonds. The molecule has 100 valence electrons. The number of hydrogen-bond acceptors (Lipinski definition) is 1. The maximum atomic E-state index is 13.5. The summed E-state index contributed by atoms with van der Waals surface area (Å²) < 4.78 is 13.5. The molecular formula is C15H10ClFN2O. The average molecular weight is 289 g/mol. The van der Waals surface area contributed by atoms with E-state index in [1.165, 1.54) is 12.1 Å². The minimum Gasteiger partial charge on any atom is -0.351 e. The smallest absolute Gasteiger partial charge is 0.272 e. The number of aromatic nitrogens is 1. The molecule has 2 N–H and O–H groups in total. The standard InChI is InChI=1S/C15H10ClFN2O/c16-10-5-6-12-9(7-10)8-14(18-12)15(20)19-13-4-2-1-3-11(13)17/h1-8,18H,(H,19,20). The van der Waals surface area contributed by atoms with Crippen molar-refractivity contribution in [2.24, 2.45) is 0 Å². The molecule has 1 heterocycles. The van der Waals surface area contributed by atoms with Crippen LogP contribution in [0.25, 0.3) is 10.9 Å². The van der Waals surface area contributed by atoms with E-state index in [0.29, 0.717) is 10.7 Å². The van der Waals surface area contributed by atoms with Gasteiger partial charge < -0.3 is 10.3 Å². The molecule has 1 aromatic heterocycles. The first-order chi connectivity index (χ1) is 9.63. The van der Waals surface area contributed by atoms with Gasteiger partial charge in [0.1, 0.15) is 11.5 Å². The van der Waals surface area contributed by atoms with Crippen molar-refractivity contribution in [3.05, 3.63) is 65.1 Å². The molecule has 3 rings (SSSR count). The van der Waals surface area contributed by atoms with Gasteiger partial charge in [0.15, 0.2) is 0 Å². The van der Waals surface area contributed by atoms with Crippen LogP contribution < -0.4 is 5.32 Å². The Bertz CT molecular complexity index is 797. The summed E-state index contributed by atoms with van der Waals surface area (Å²) in [7, 11) is 0. The van der Waals surface area contributed by atoms with Crippen LogP contribution in [0.3, 0.4) is 0 Å². The molecule has 0 aliphatic carbocycles. The van der Waals surface area contributed by atoms with Crippen molar-refractivity contribution in [3.8, 4) is 0 Å². The fraction of sp³-hybridized carbons (Fsp3) is 0. The third-order valence-corrected chi connectivity index (χ3v) is 3.18. The Balaban J connectivity index is 1.91. The van der Waals surface area contributed by atoms with Gasteiger partial charge in [0.05, 0.1) is 5.69 Å². The Kier molecular flexibility index (Phi) is 3.16. The Hall–Kier alpha value is -2.33. The van der Waals surface area contributed by atoms with Crippen LogP contribution in [0.15, 0.2) is 48.5 Å². The van der Waals surface area contributed by atoms with Crippen molar-refractivity contribution in [2.75, 3.05) is 5.32 Å². The highest BCUT2D eigenvalue weighted by molar-refractivity contribution is 6.31. The van der Waals surface area contributed by atoms with E-state index < -0.39 is 11.7 Å². The number of nitrogens with one attached hydrogen (secondary N) is 2. The molecule has 0 radical (unpaired) electrons. The van der Waals surface area contributed by atoms with Crippen molar-refractivity contribution < 1.29 is 9.18 Å². The zero-order valence-electron chi connectivity index (χ0n) is 10.3. The van der Waals surface area contributed by atoms with Crippen LogP contribution >= 0.6 is 11.6 Å². The van der Waals surface area contributed by atoms with E-state index in [0.717, 1.165) is 10.9 Å². The van der Waals surface area contributed by atoms with Crippen molar-refractivity contribution in [1.29, 1.82) is 0 Å². The second-order valence-corrected chi connectivity index (χ2v) is 4.78. The molecule has 0 atom stereocenters. The van der Waals surface area contributed by atoms with E-state index in [-0.39, 0.29) is 5.69 Å². The maximum absolute atomic E-state index is 13.5. The van der Waals surface area contributed by atoms with Gasteiger partial charge in [0.2, 0.25) is 0 Å². The highest BCUT2D eigenvalue weighted by Crippen LogP contribution is 2.21. The van der Waals surface area contributed by atoms with E-state index in [4.69, 9.17) is 11.6 Å². The minimum absolute atomic E-state index is 0.147. The normalized spacial score (nSPS) is 10.7. The molecule has 0 unspecified atom stereocenters. The summed E-state index contributed by atoms with van der Waals surface area (Å²) >= 11 is 5.89. The van der Waals surface area contributed by atoms with Gasteiger partial charge in [-0.25, -0.2) is 4.39 Å². The van der Waals surface area contributed by atoms with Crippen LogP contribution in [-0.2, 0) is 0 Å². The van der Waals surface area contributed by atoms with Crippen LogP contribution in [0.4, 0.5) is 10.1 Å². The zero-order chi connectivity index (χ0) is 14.1.